The number of carbonyl (C=O) groups excluding carboxylic acids is 3. The molecular weight excluding hydrogens is 688 g/mol. The molecule has 0 bridgehead atoms. The first kappa shape index (κ1) is 42.3. The molecule has 2 aromatic rings. The fourth-order valence-electron chi connectivity index (χ4n) is 5.85. The Morgan fingerprint density at radius 1 is 0.816 bits per heavy atom. The van der Waals surface area contributed by atoms with Gasteiger partial charge in [0.05, 0.1) is 12.8 Å². The SMILES string of the molecule is CCCCCCCCCCCCCCCCCC(C(=O)NC(C)Nc1ccc(C(=O)c2cncc(Br)c2)cc1)N(C)C(=O)C(O)C(O)CO. The van der Waals surface area contributed by atoms with Gasteiger partial charge in [0.15, 0.2) is 11.9 Å². The molecular formula is C38H59BrN4O6. The summed E-state index contributed by atoms with van der Waals surface area (Å²) in [7, 11) is 1.43. The monoisotopic (exact) mass is 746 g/mol. The Bertz CT molecular complexity index is 1250. The van der Waals surface area contributed by atoms with Crippen LogP contribution in [0.1, 0.15) is 133 Å². The number of pyridine rings is 1. The van der Waals surface area contributed by atoms with Gasteiger partial charge in [-0.25, -0.2) is 0 Å². The number of aromatic nitrogens is 1. The molecule has 2 rings (SSSR count). The Morgan fingerprint density at radius 3 is 1.86 bits per heavy atom. The van der Waals surface area contributed by atoms with E-state index in [1.165, 1.54) is 83.9 Å². The number of ketones is 1. The van der Waals surface area contributed by atoms with Crippen LogP contribution in [0.5, 0.6) is 0 Å². The molecule has 0 saturated heterocycles. The van der Waals surface area contributed by atoms with Gasteiger partial charge in [0, 0.05) is 40.7 Å². The molecule has 5 N–H and O–H groups in total. The molecule has 1 aromatic heterocycles. The minimum atomic E-state index is -1.84. The average molecular weight is 748 g/mol. The minimum Gasteiger partial charge on any atom is -0.394 e. The van der Waals surface area contributed by atoms with E-state index >= 15 is 0 Å². The van der Waals surface area contributed by atoms with Gasteiger partial charge in [-0.1, -0.05) is 103 Å². The molecule has 10 nitrogen and oxygen atoms in total. The highest BCUT2D eigenvalue weighted by molar-refractivity contribution is 9.10. The van der Waals surface area contributed by atoms with Crippen LogP contribution < -0.4 is 10.6 Å². The number of carbonyl (C=O) groups is 3. The number of nitrogens with one attached hydrogen (secondary N) is 2. The zero-order valence-corrected chi connectivity index (χ0v) is 31.3. The van der Waals surface area contributed by atoms with Crippen molar-refractivity contribution in [2.75, 3.05) is 19.0 Å². The molecule has 4 atom stereocenters. The third-order valence-electron chi connectivity index (χ3n) is 8.86. The van der Waals surface area contributed by atoms with Crippen molar-refractivity contribution in [2.45, 2.75) is 141 Å². The van der Waals surface area contributed by atoms with Crippen molar-refractivity contribution in [3.8, 4) is 0 Å². The Kier molecular flexibility index (Phi) is 21.0. The summed E-state index contributed by atoms with van der Waals surface area (Å²) in [5.41, 5.74) is 1.64. The van der Waals surface area contributed by atoms with E-state index in [0.717, 1.165) is 30.6 Å². The van der Waals surface area contributed by atoms with Crippen LogP contribution in [0.4, 0.5) is 5.69 Å². The quantitative estimate of drug-likeness (QED) is 0.0403. The second kappa shape index (κ2) is 24.3. The predicted octanol–water partition coefficient (Wildman–Crippen LogP) is 6.75. The number of anilines is 1. The number of aliphatic hydroxyl groups excluding tert-OH is 3. The summed E-state index contributed by atoms with van der Waals surface area (Å²) in [4.78, 5) is 44.4. The van der Waals surface area contributed by atoms with Crippen molar-refractivity contribution in [3.05, 3.63) is 58.3 Å². The first-order chi connectivity index (χ1) is 23.6. The standard InChI is InChI=1S/C38H59BrN4O6/c1-4-5-6-7-8-9-10-11-12-13-14-15-16-17-18-19-33(43(3)38(49)36(47)34(45)27-44)37(48)42-28(2)41-32-22-20-29(21-23-32)35(46)30-24-31(39)26-40-25-30/h20-26,28,33-34,36,41,44-45,47H,4-19,27H2,1-3H3,(H,42,48). The molecule has 0 aliphatic heterocycles. The minimum absolute atomic E-state index is 0.162. The molecule has 0 fully saturated rings. The molecule has 1 heterocycles. The molecule has 4 unspecified atom stereocenters. The topological polar surface area (TPSA) is 152 Å². The number of nitrogens with zero attached hydrogens (tertiary/aromatic N) is 2. The van der Waals surface area contributed by atoms with Crippen LogP contribution in [0.2, 0.25) is 0 Å². The van der Waals surface area contributed by atoms with Gasteiger partial charge in [-0.3, -0.25) is 19.4 Å². The lowest BCUT2D eigenvalue weighted by Crippen LogP contribution is -2.55. The normalized spacial score (nSPS) is 13.7. The van der Waals surface area contributed by atoms with Crippen molar-refractivity contribution in [2.24, 2.45) is 0 Å². The highest BCUT2D eigenvalue weighted by Crippen LogP contribution is 2.19. The lowest BCUT2D eigenvalue weighted by Gasteiger charge is -2.31. The molecule has 0 spiro atoms. The fraction of sp³-hybridized carbons (Fsp3) is 0.632. The van der Waals surface area contributed by atoms with Gasteiger partial charge in [0.25, 0.3) is 5.91 Å². The molecule has 0 radical (unpaired) electrons. The van der Waals surface area contributed by atoms with Crippen molar-refractivity contribution in [3.63, 3.8) is 0 Å². The number of hydrogen-bond acceptors (Lipinski definition) is 8. The van der Waals surface area contributed by atoms with Crippen LogP contribution in [0, 0.1) is 0 Å². The maximum atomic E-state index is 13.5. The van der Waals surface area contributed by atoms with Crippen LogP contribution in [-0.4, -0.2) is 80.9 Å². The summed E-state index contributed by atoms with van der Waals surface area (Å²) in [5, 5.41) is 35.4. The van der Waals surface area contributed by atoms with Gasteiger partial charge in [-0.2, -0.15) is 0 Å². The second-order valence-electron chi connectivity index (χ2n) is 13.1. The maximum Gasteiger partial charge on any atom is 0.254 e. The Labute approximate surface area is 301 Å². The van der Waals surface area contributed by atoms with E-state index in [-0.39, 0.29) is 5.78 Å². The van der Waals surface area contributed by atoms with Crippen molar-refractivity contribution in [1.82, 2.24) is 15.2 Å². The molecule has 1 aromatic carbocycles. The maximum absolute atomic E-state index is 13.5. The number of aliphatic hydroxyl groups is 3. The average Bonchev–Trinajstić information content (AvgIpc) is 3.10. The summed E-state index contributed by atoms with van der Waals surface area (Å²) in [6.07, 6.45) is 17.8. The summed E-state index contributed by atoms with van der Waals surface area (Å²) in [6, 6.07) is 7.71. The van der Waals surface area contributed by atoms with Gasteiger partial charge in [-0.05, 0) is 59.6 Å². The third-order valence-corrected chi connectivity index (χ3v) is 9.29. The number of likely N-dealkylation sites (N-methyl/N-ethyl adjacent to an activating group) is 1. The van der Waals surface area contributed by atoms with Crippen molar-refractivity contribution in [1.29, 1.82) is 0 Å². The van der Waals surface area contributed by atoms with Crippen molar-refractivity contribution >= 4 is 39.2 Å². The summed E-state index contributed by atoms with van der Waals surface area (Å²) >= 11 is 3.33. The smallest absolute Gasteiger partial charge is 0.254 e. The Balaban J connectivity index is 1.84. The molecule has 49 heavy (non-hydrogen) atoms. The Hall–Kier alpha value is -2.86. The summed E-state index contributed by atoms with van der Waals surface area (Å²) in [5.74, 6) is -1.39. The summed E-state index contributed by atoms with van der Waals surface area (Å²) < 4.78 is 0.713. The summed E-state index contributed by atoms with van der Waals surface area (Å²) in [6.45, 7) is 3.24. The largest absolute Gasteiger partial charge is 0.394 e. The van der Waals surface area contributed by atoms with Crippen LogP contribution in [-0.2, 0) is 9.59 Å². The highest BCUT2D eigenvalue weighted by atomic mass is 79.9. The highest BCUT2D eigenvalue weighted by Gasteiger charge is 2.33. The van der Waals surface area contributed by atoms with Crippen LogP contribution in [0.15, 0.2) is 47.2 Å². The zero-order chi connectivity index (χ0) is 36.0. The van der Waals surface area contributed by atoms with Gasteiger partial charge in [0.1, 0.15) is 12.1 Å². The molecule has 0 saturated carbocycles. The Morgan fingerprint density at radius 2 is 1.35 bits per heavy atom. The predicted molar refractivity (Wildman–Crippen MR) is 198 cm³/mol. The van der Waals surface area contributed by atoms with E-state index in [2.05, 4.69) is 38.5 Å². The second-order valence-corrected chi connectivity index (χ2v) is 14.0. The lowest BCUT2D eigenvalue weighted by molar-refractivity contribution is -0.152. The van der Waals surface area contributed by atoms with E-state index < -0.39 is 42.8 Å². The number of unbranched alkanes of at least 4 members (excludes halogenated alkanes) is 14. The van der Waals surface area contributed by atoms with Crippen molar-refractivity contribution < 1.29 is 29.7 Å². The third kappa shape index (κ3) is 16.1. The number of halogens is 1. The molecule has 2 amide bonds. The van der Waals surface area contributed by atoms with E-state index in [0.29, 0.717) is 27.7 Å². The molecule has 0 aliphatic rings. The van der Waals surface area contributed by atoms with E-state index in [4.69, 9.17) is 0 Å². The van der Waals surface area contributed by atoms with Crippen LogP contribution >= 0.6 is 15.9 Å². The fourth-order valence-corrected chi connectivity index (χ4v) is 6.22. The van der Waals surface area contributed by atoms with Gasteiger partial charge >= 0.3 is 0 Å². The van der Waals surface area contributed by atoms with Crippen LogP contribution in [0.25, 0.3) is 0 Å². The first-order valence-corrected chi connectivity index (χ1v) is 18.9. The molecule has 11 heteroatoms. The van der Waals surface area contributed by atoms with E-state index in [1.54, 1.807) is 43.5 Å². The van der Waals surface area contributed by atoms with E-state index in [9.17, 15) is 29.7 Å². The van der Waals surface area contributed by atoms with Gasteiger partial charge < -0.3 is 30.9 Å². The van der Waals surface area contributed by atoms with Crippen LogP contribution in [0.3, 0.4) is 0 Å². The van der Waals surface area contributed by atoms with E-state index in [1.807, 2.05) is 0 Å². The van der Waals surface area contributed by atoms with Gasteiger partial charge in [0.2, 0.25) is 5.91 Å². The first-order valence-electron chi connectivity index (χ1n) is 18.1. The number of hydrogen-bond donors (Lipinski definition) is 5. The number of rotatable bonds is 26. The number of amides is 2. The molecule has 0 aliphatic carbocycles. The van der Waals surface area contributed by atoms with Gasteiger partial charge in [-0.15, -0.1) is 0 Å². The zero-order valence-electron chi connectivity index (χ0n) is 29.7. The molecule has 274 valence electrons. The lowest BCUT2D eigenvalue weighted by atomic mass is 10.0. The number of benzene rings is 1.